The fourth-order valence-corrected chi connectivity index (χ4v) is 7.65. The van der Waals surface area contributed by atoms with Crippen LogP contribution in [-0.4, -0.2) is 15.0 Å². The molecule has 10 aromatic rings. The van der Waals surface area contributed by atoms with E-state index in [2.05, 4.69) is 194 Å². The van der Waals surface area contributed by atoms with Gasteiger partial charge in [0.1, 0.15) is 0 Å². The van der Waals surface area contributed by atoms with E-state index in [1.165, 1.54) is 27.5 Å². The highest BCUT2D eigenvalue weighted by Gasteiger charge is 2.18. The Balaban J connectivity index is 1.12. The lowest BCUT2D eigenvalue weighted by molar-refractivity contribution is 1.18. The predicted molar refractivity (Wildman–Crippen MR) is 233 cm³/mol. The summed E-state index contributed by atoms with van der Waals surface area (Å²) < 4.78 is 0. The molecule has 262 valence electrons. The van der Waals surface area contributed by atoms with E-state index in [0.717, 1.165) is 66.9 Å². The Morgan fingerprint density at radius 3 is 1.29 bits per heavy atom. The number of fused-ring (bicyclic) bond motifs is 3. The zero-order valence-corrected chi connectivity index (χ0v) is 30.5. The molecular formula is C53H35N3. The maximum absolute atomic E-state index is 5.43. The highest BCUT2D eigenvalue weighted by atomic mass is 14.9. The summed E-state index contributed by atoms with van der Waals surface area (Å²) in [6, 6.07) is 74.4. The molecule has 3 heteroatoms. The van der Waals surface area contributed by atoms with Crippen LogP contribution in [0.3, 0.4) is 0 Å². The van der Waals surface area contributed by atoms with E-state index >= 15 is 0 Å². The predicted octanol–water partition coefficient (Wildman–Crippen LogP) is 13.8. The van der Waals surface area contributed by atoms with Crippen molar-refractivity contribution in [2.24, 2.45) is 0 Å². The van der Waals surface area contributed by atoms with Gasteiger partial charge in [0.2, 0.25) is 0 Å². The van der Waals surface area contributed by atoms with Crippen LogP contribution in [0.15, 0.2) is 212 Å². The molecule has 2 heterocycles. The first kappa shape index (κ1) is 33.1. The standard InChI is InChI=1S/C53H35N3/c1-5-15-36(16-6-1)37-25-29-42(30-26-37)50-35-49(41-21-11-4-12-22-41)55-53(56-50)43-31-27-39(28-32-43)47-33-44-23-13-14-24-45(44)51-46(38-17-7-2-8-18-38)34-48(54-52(47)51)40-19-9-3-10-20-40/h1-35H. The SMILES string of the molecule is c1ccc(-c2ccc(-c3cc(-c4ccccc4)nc(-c4ccc(-c5cc6ccccc6c6c(-c7ccccc7)cc(-c7ccccc7)nc56)cc4)n3)cc2)cc1. The summed E-state index contributed by atoms with van der Waals surface area (Å²) in [4.78, 5) is 15.7. The maximum atomic E-state index is 5.43. The Bertz CT molecular complexity index is 2960. The van der Waals surface area contributed by atoms with E-state index < -0.39 is 0 Å². The van der Waals surface area contributed by atoms with E-state index in [1.54, 1.807) is 0 Å². The quantitative estimate of drug-likeness (QED) is 0.154. The van der Waals surface area contributed by atoms with Crippen molar-refractivity contribution in [2.45, 2.75) is 0 Å². The van der Waals surface area contributed by atoms with Crippen molar-refractivity contribution in [1.82, 2.24) is 15.0 Å². The highest BCUT2D eigenvalue weighted by Crippen LogP contribution is 2.41. The number of benzene rings is 8. The third-order valence-corrected chi connectivity index (χ3v) is 10.5. The normalized spacial score (nSPS) is 11.2. The van der Waals surface area contributed by atoms with Gasteiger partial charge in [-0.25, -0.2) is 15.0 Å². The lowest BCUT2D eigenvalue weighted by atomic mass is 9.90. The van der Waals surface area contributed by atoms with Gasteiger partial charge in [-0.05, 0) is 56.8 Å². The van der Waals surface area contributed by atoms with Gasteiger partial charge in [-0.15, -0.1) is 0 Å². The highest BCUT2D eigenvalue weighted by molar-refractivity contribution is 6.18. The maximum Gasteiger partial charge on any atom is 0.160 e. The molecular weight excluding hydrogens is 679 g/mol. The molecule has 0 fully saturated rings. The third-order valence-electron chi connectivity index (χ3n) is 10.5. The second kappa shape index (κ2) is 14.4. The van der Waals surface area contributed by atoms with Gasteiger partial charge in [0.05, 0.1) is 22.6 Å². The van der Waals surface area contributed by atoms with E-state index in [4.69, 9.17) is 15.0 Å². The molecule has 0 radical (unpaired) electrons. The van der Waals surface area contributed by atoms with Crippen molar-refractivity contribution in [2.75, 3.05) is 0 Å². The molecule has 8 aromatic carbocycles. The van der Waals surface area contributed by atoms with Gasteiger partial charge in [-0.3, -0.25) is 0 Å². The van der Waals surface area contributed by atoms with Crippen molar-refractivity contribution in [3.05, 3.63) is 212 Å². The third kappa shape index (κ3) is 6.31. The lowest BCUT2D eigenvalue weighted by Crippen LogP contribution is -1.96. The topological polar surface area (TPSA) is 38.7 Å². The Labute approximate surface area is 326 Å². The molecule has 0 bridgehead atoms. The first-order chi connectivity index (χ1) is 27.7. The molecule has 0 N–H and O–H groups in total. The van der Waals surface area contributed by atoms with Crippen LogP contribution in [0.25, 0.3) is 100 Å². The zero-order valence-electron chi connectivity index (χ0n) is 30.5. The average Bonchev–Trinajstić information content (AvgIpc) is 3.29. The minimum atomic E-state index is 0.680. The van der Waals surface area contributed by atoms with Crippen LogP contribution in [0.2, 0.25) is 0 Å². The first-order valence-electron chi connectivity index (χ1n) is 18.9. The molecule has 0 unspecified atom stereocenters. The monoisotopic (exact) mass is 713 g/mol. The van der Waals surface area contributed by atoms with Crippen molar-refractivity contribution >= 4 is 21.7 Å². The van der Waals surface area contributed by atoms with Gasteiger partial charge in [0.15, 0.2) is 5.82 Å². The van der Waals surface area contributed by atoms with Gasteiger partial charge < -0.3 is 0 Å². The molecule has 0 amide bonds. The van der Waals surface area contributed by atoms with E-state index in [9.17, 15) is 0 Å². The Morgan fingerprint density at radius 2 is 0.679 bits per heavy atom. The van der Waals surface area contributed by atoms with Crippen molar-refractivity contribution in [3.8, 4) is 78.5 Å². The largest absolute Gasteiger partial charge is 0.247 e. The number of hydrogen-bond donors (Lipinski definition) is 0. The number of pyridine rings is 1. The van der Waals surface area contributed by atoms with Crippen LogP contribution in [0.1, 0.15) is 0 Å². The minimum absolute atomic E-state index is 0.680. The summed E-state index contributed by atoms with van der Waals surface area (Å²) in [5.41, 5.74) is 14.7. The smallest absolute Gasteiger partial charge is 0.160 e. The van der Waals surface area contributed by atoms with Crippen LogP contribution in [0.5, 0.6) is 0 Å². The van der Waals surface area contributed by atoms with E-state index in [-0.39, 0.29) is 0 Å². The van der Waals surface area contributed by atoms with Crippen LogP contribution >= 0.6 is 0 Å². The zero-order chi connectivity index (χ0) is 37.3. The Kier molecular flexibility index (Phi) is 8.51. The van der Waals surface area contributed by atoms with Crippen molar-refractivity contribution < 1.29 is 0 Å². The van der Waals surface area contributed by atoms with Crippen LogP contribution in [0, 0.1) is 0 Å². The number of rotatable bonds is 7. The van der Waals surface area contributed by atoms with Gasteiger partial charge in [-0.1, -0.05) is 194 Å². The second-order valence-corrected chi connectivity index (χ2v) is 14.0. The first-order valence-corrected chi connectivity index (χ1v) is 18.9. The molecule has 0 saturated carbocycles. The number of hydrogen-bond acceptors (Lipinski definition) is 3. The van der Waals surface area contributed by atoms with Crippen molar-refractivity contribution in [3.63, 3.8) is 0 Å². The summed E-state index contributed by atoms with van der Waals surface area (Å²) in [5.74, 6) is 0.680. The Hall–Kier alpha value is -7.49. The number of aromatic nitrogens is 3. The summed E-state index contributed by atoms with van der Waals surface area (Å²) in [7, 11) is 0. The number of nitrogens with zero attached hydrogens (tertiary/aromatic N) is 3. The fraction of sp³-hybridized carbons (Fsp3) is 0. The fourth-order valence-electron chi connectivity index (χ4n) is 7.65. The Morgan fingerprint density at radius 1 is 0.268 bits per heavy atom. The van der Waals surface area contributed by atoms with Gasteiger partial charge >= 0.3 is 0 Å². The summed E-state index contributed by atoms with van der Waals surface area (Å²) in [5, 5.41) is 3.51. The van der Waals surface area contributed by atoms with Crippen molar-refractivity contribution in [1.29, 1.82) is 0 Å². The summed E-state index contributed by atoms with van der Waals surface area (Å²) in [6.07, 6.45) is 0. The molecule has 3 nitrogen and oxygen atoms in total. The van der Waals surface area contributed by atoms with Gasteiger partial charge in [0, 0.05) is 33.2 Å². The minimum Gasteiger partial charge on any atom is -0.247 e. The lowest BCUT2D eigenvalue weighted by Gasteiger charge is -2.17. The average molecular weight is 714 g/mol. The molecule has 10 rings (SSSR count). The van der Waals surface area contributed by atoms with Crippen LogP contribution in [0.4, 0.5) is 0 Å². The van der Waals surface area contributed by atoms with Crippen LogP contribution in [-0.2, 0) is 0 Å². The molecule has 0 spiro atoms. The summed E-state index contributed by atoms with van der Waals surface area (Å²) >= 11 is 0. The van der Waals surface area contributed by atoms with E-state index in [0.29, 0.717) is 5.82 Å². The molecule has 0 atom stereocenters. The van der Waals surface area contributed by atoms with E-state index in [1.807, 2.05) is 18.2 Å². The molecule has 56 heavy (non-hydrogen) atoms. The second-order valence-electron chi connectivity index (χ2n) is 14.0. The molecule has 0 saturated heterocycles. The summed E-state index contributed by atoms with van der Waals surface area (Å²) in [6.45, 7) is 0. The van der Waals surface area contributed by atoms with Crippen LogP contribution < -0.4 is 0 Å². The van der Waals surface area contributed by atoms with Gasteiger partial charge in [-0.2, -0.15) is 0 Å². The molecule has 0 aliphatic rings. The molecule has 0 aliphatic heterocycles. The molecule has 2 aromatic heterocycles. The molecule has 0 aliphatic carbocycles. The van der Waals surface area contributed by atoms with Gasteiger partial charge in [0.25, 0.3) is 0 Å².